The van der Waals surface area contributed by atoms with Crippen LogP contribution in [0, 0.1) is 0 Å². The van der Waals surface area contributed by atoms with Crippen molar-refractivity contribution in [2.75, 3.05) is 25.5 Å². The third kappa shape index (κ3) is 4.57. The van der Waals surface area contributed by atoms with Crippen molar-refractivity contribution in [3.05, 3.63) is 65.2 Å². The van der Waals surface area contributed by atoms with Crippen LogP contribution in [0.5, 0.6) is 0 Å². The van der Waals surface area contributed by atoms with Crippen LogP contribution in [0.4, 0.5) is 5.69 Å². The summed E-state index contributed by atoms with van der Waals surface area (Å²) in [5.41, 5.74) is 1.65. The van der Waals surface area contributed by atoms with Crippen LogP contribution >= 0.6 is 0 Å². The van der Waals surface area contributed by atoms with Gasteiger partial charge < -0.3 is 15.0 Å². The zero-order chi connectivity index (χ0) is 19.9. The fourth-order valence-electron chi connectivity index (χ4n) is 3.30. The molecular weight excluding hydrogens is 356 g/mol. The number of nitrogens with one attached hydrogen (secondary N) is 1. The van der Waals surface area contributed by atoms with E-state index in [4.69, 9.17) is 4.74 Å². The minimum Gasteiger partial charge on any atom is -0.465 e. The number of anilines is 1. The molecule has 0 aliphatic carbocycles. The average Bonchev–Trinajstić information content (AvgIpc) is 3.02. The van der Waals surface area contributed by atoms with Crippen LogP contribution in [-0.4, -0.2) is 42.9 Å². The molecule has 1 fully saturated rings. The number of hydrogen-bond donors (Lipinski definition) is 1. The zero-order valence-corrected chi connectivity index (χ0v) is 15.9. The van der Waals surface area contributed by atoms with Crippen molar-refractivity contribution >= 4 is 23.5 Å². The third-order valence-corrected chi connectivity index (χ3v) is 4.87. The number of methoxy groups -OCH3 is 1. The fraction of sp³-hybridized carbons (Fsp3) is 0.318. The lowest BCUT2D eigenvalue weighted by atomic mass is 10.1. The van der Waals surface area contributed by atoms with Gasteiger partial charge in [0.25, 0.3) is 11.8 Å². The molecule has 0 bridgehead atoms. The molecule has 1 heterocycles. The van der Waals surface area contributed by atoms with Gasteiger partial charge in [0.15, 0.2) is 0 Å². The Morgan fingerprint density at radius 2 is 1.46 bits per heavy atom. The molecule has 1 N–H and O–H groups in total. The summed E-state index contributed by atoms with van der Waals surface area (Å²) >= 11 is 0. The summed E-state index contributed by atoms with van der Waals surface area (Å²) in [6.07, 6.45) is 4.39. The second-order valence-electron chi connectivity index (χ2n) is 6.78. The minimum atomic E-state index is -0.519. The smallest absolute Gasteiger partial charge is 0.339 e. The van der Waals surface area contributed by atoms with Gasteiger partial charge in [-0.1, -0.05) is 25.0 Å². The standard InChI is InChI=1S/C22H24N2O4/c1-28-22(27)18-8-4-5-9-19(18)23-20(25)16-10-12-17(13-11-16)21(26)24-14-6-2-3-7-15-24/h4-5,8-13H,2-3,6-7,14-15H2,1H3,(H,23,25). The van der Waals surface area contributed by atoms with Gasteiger partial charge in [0.2, 0.25) is 0 Å². The van der Waals surface area contributed by atoms with Crippen LogP contribution < -0.4 is 5.32 Å². The minimum absolute atomic E-state index is 0.00453. The summed E-state index contributed by atoms with van der Waals surface area (Å²) < 4.78 is 4.74. The van der Waals surface area contributed by atoms with Crippen molar-refractivity contribution in [3.63, 3.8) is 0 Å². The second-order valence-corrected chi connectivity index (χ2v) is 6.78. The lowest BCUT2D eigenvalue weighted by Crippen LogP contribution is -2.31. The largest absolute Gasteiger partial charge is 0.465 e. The normalized spacial score (nSPS) is 14.1. The van der Waals surface area contributed by atoms with Gasteiger partial charge in [-0.3, -0.25) is 9.59 Å². The van der Waals surface area contributed by atoms with Crippen molar-refractivity contribution in [3.8, 4) is 0 Å². The molecule has 1 aliphatic rings. The van der Waals surface area contributed by atoms with E-state index >= 15 is 0 Å². The zero-order valence-electron chi connectivity index (χ0n) is 15.9. The van der Waals surface area contributed by atoms with Gasteiger partial charge in [0.05, 0.1) is 18.4 Å². The number of esters is 1. The highest BCUT2D eigenvalue weighted by Gasteiger charge is 2.18. The molecule has 2 aromatic rings. The van der Waals surface area contributed by atoms with E-state index in [1.165, 1.54) is 7.11 Å². The monoisotopic (exact) mass is 380 g/mol. The van der Waals surface area contributed by atoms with Crippen molar-refractivity contribution in [2.24, 2.45) is 0 Å². The number of carbonyl (C=O) groups is 3. The van der Waals surface area contributed by atoms with Crippen molar-refractivity contribution in [1.82, 2.24) is 4.90 Å². The highest BCUT2D eigenvalue weighted by Crippen LogP contribution is 2.18. The summed E-state index contributed by atoms with van der Waals surface area (Å²) in [6.45, 7) is 1.57. The number of para-hydroxylation sites is 1. The quantitative estimate of drug-likeness (QED) is 0.820. The number of ether oxygens (including phenoxy) is 1. The van der Waals surface area contributed by atoms with E-state index in [0.717, 1.165) is 38.8 Å². The van der Waals surface area contributed by atoms with Gasteiger partial charge >= 0.3 is 5.97 Å². The van der Waals surface area contributed by atoms with E-state index in [0.29, 0.717) is 16.8 Å². The molecule has 1 saturated heterocycles. The van der Waals surface area contributed by atoms with Crippen molar-refractivity contribution in [1.29, 1.82) is 0 Å². The number of nitrogens with zero attached hydrogens (tertiary/aromatic N) is 1. The molecule has 0 spiro atoms. The molecular formula is C22H24N2O4. The van der Waals surface area contributed by atoms with Crippen LogP contribution in [-0.2, 0) is 4.74 Å². The van der Waals surface area contributed by atoms with Gasteiger partial charge in [-0.05, 0) is 49.2 Å². The fourth-order valence-corrected chi connectivity index (χ4v) is 3.30. The molecule has 28 heavy (non-hydrogen) atoms. The van der Waals surface area contributed by atoms with Crippen molar-refractivity contribution < 1.29 is 19.1 Å². The Morgan fingerprint density at radius 1 is 0.857 bits per heavy atom. The van der Waals surface area contributed by atoms with E-state index < -0.39 is 5.97 Å². The van der Waals surface area contributed by atoms with Gasteiger partial charge in [-0.2, -0.15) is 0 Å². The Bertz CT molecular complexity index is 853. The Balaban J connectivity index is 1.70. The lowest BCUT2D eigenvalue weighted by molar-refractivity contribution is 0.0601. The van der Waals surface area contributed by atoms with E-state index in [9.17, 15) is 14.4 Å². The molecule has 6 nitrogen and oxygen atoms in total. The van der Waals surface area contributed by atoms with Gasteiger partial charge in [-0.25, -0.2) is 4.79 Å². The molecule has 0 aromatic heterocycles. The third-order valence-electron chi connectivity index (χ3n) is 4.87. The number of amides is 2. The molecule has 146 valence electrons. The summed E-state index contributed by atoms with van der Waals surface area (Å²) in [5.74, 6) is -0.871. The number of likely N-dealkylation sites (tertiary alicyclic amines) is 1. The summed E-state index contributed by atoms with van der Waals surface area (Å²) in [5, 5.41) is 2.73. The topological polar surface area (TPSA) is 75.7 Å². The Hall–Kier alpha value is -3.15. The summed E-state index contributed by atoms with van der Waals surface area (Å²) in [4.78, 5) is 38.9. The predicted molar refractivity (Wildman–Crippen MR) is 107 cm³/mol. The number of carbonyl (C=O) groups excluding carboxylic acids is 3. The summed E-state index contributed by atoms with van der Waals surface area (Å²) in [7, 11) is 1.29. The Labute approximate surface area is 164 Å². The molecule has 2 aromatic carbocycles. The van der Waals surface area contributed by atoms with E-state index in [-0.39, 0.29) is 17.4 Å². The second kappa shape index (κ2) is 9.17. The highest BCUT2D eigenvalue weighted by atomic mass is 16.5. The number of benzene rings is 2. The molecule has 0 atom stereocenters. The lowest BCUT2D eigenvalue weighted by Gasteiger charge is -2.20. The predicted octanol–water partition coefficient (Wildman–Crippen LogP) is 3.74. The van der Waals surface area contributed by atoms with Gasteiger partial charge in [0, 0.05) is 24.2 Å². The highest BCUT2D eigenvalue weighted by molar-refractivity contribution is 6.08. The van der Waals surface area contributed by atoms with Crippen LogP contribution in [0.25, 0.3) is 0 Å². The first-order chi connectivity index (χ1) is 13.6. The SMILES string of the molecule is COC(=O)c1ccccc1NC(=O)c1ccc(C(=O)N2CCCCCC2)cc1. The molecule has 2 amide bonds. The number of rotatable bonds is 4. The Kier molecular flexibility index (Phi) is 6.42. The maximum atomic E-state index is 12.7. The van der Waals surface area contributed by atoms with Crippen LogP contribution in [0.15, 0.2) is 48.5 Å². The van der Waals surface area contributed by atoms with Crippen LogP contribution in [0.1, 0.15) is 56.8 Å². The number of hydrogen-bond acceptors (Lipinski definition) is 4. The summed E-state index contributed by atoms with van der Waals surface area (Å²) in [6, 6.07) is 13.3. The maximum Gasteiger partial charge on any atom is 0.339 e. The van der Waals surface area contributed by atoms with Crippen LogP contribution in [0.2, 0.25) is 0 Å². The first-order valence-electron chi connectivity index (χ1n) is 9.48. The Morgan fingerprint density at radius 3 is 2.11 bits per heavy atom. The molecule has 1 aliphatic heterocycles. The maximum absolute atomic E-state index is 12.7. The van der Waals surface area contributed by atoms with E-state index in [1.807, 2.05) is 4.90 Å². The van der Waals surface area contributed by atoms with Crippen LogP contribution in [0.3, 0.4) is 0 Å². The van der Waals surface area contributed by atoms with E-state index in [2.05, 4.69) is 5.32 Å². The van der Waals surface area contributed by atoms with Crippen molar-refractivity contribution in [2.45, 2.75) is 25.7 Å². The molecule has 6 heteroatoms. The van der Waals surface area contributed by atoms with Gasteiger partial charge in [0.1, 0.15) is 0 Å². The average molecular weight is 380 g/mol. The first kappa shape index (κ1) is 19.6. The molecule has 0 unspecified atom stereocenters. The van der Waals surface area contributed by atoms with Gasteiger partial charge in [-0.15, -0.1) is 0 Å². The molecule has 3 rings (SSSR count). The van der Waals surface area contributed by atoms with E-state index in [1.54, 1.807) is 48.5 Å². The molecule has 0 saturated carbocycles. The molecule has 0 radical (unpaired) electrons. The first-order valence-corrected chi connectivity index (χ1v) is 9.48.